The van der Waals surface area contributed by atoms with E-state index < -0.39 is 24.5 Å². The topological polar surface area (TPSA) is 92.8 Å². The van der Waals surface area contributed by atoms with Gasteiger partial charge in [0.25, 0.3) is 5.91 Å². The van der Waals surface area contributed by atoms with Gasteiger partial charge in [0.15, 0.2) is 6.61 Å². The third-order valence-corrected chi connectivity index (χ3v) is 6.48. The van der Waals surface area contributed by atoms with Crippen molar-refractivity contribution < 1.29 is 23.9 Å². The Labute approximate surface area is 179 Å². The van der Waals surface area contributed by atoms with Crippen molar-refractivity contribution in [2.75, 3.05) is 11.9 Å². The van der Waals surface area contributed by atoms with Crippen LogP contribution in [0.15, 0.2) is 36.4 Å². The highest BCUT2D eigenvalue weighted by molar-refractivity contribution is 6.33. The molecule has 1 aliphatic heterocycles. The molecule has 8 heteroatoms. The SMILES string of the molecule is CC(C)[C@H](C(=O)OCC(=O)Nc1ccccc1Cl)N1C(=O)[C@@H]2[C@H](C1=O)[C@H]1C=C[C@H]2C1. The molecule has 158 valence electrons. The number of hydrogen-bond acceptors (Lipinski definition) is 5. The minimum atomic E-state index is -1.05. The highest BCUT2D eigenvalue weighted by atomic mass is 35.5. The first kappa shape index (κ1) is 20.6. The summed E-state index contributed by atoms with van der Waals surface area (Å²) in [5.74, 6) is -2.93. The highest BCUT2D eigenvalue weighted by Gasteiger charge is 2.61. The van der Waals surface area contributed by atoms with Gasteiger partial charge >= 0.3 is 5.97 Å². The van der Waals surface area contributed by atoms with Gasteiger partial charge in [-0.05, 0) is 36.3 Å². The van der Waals surface area contributed by atoms with Crippen LogP contribution in [0.3, 0.4) is 0 Å². The van der Waals surface area contributed by atoms with E-state index in [0.29, 0.717) is 10.7 Å². The second kappa shape index (κ2) is 7.87. The summed E-state index contributed by atoms with van der Waals surface area (Å²) in [5, 5.41) is 2.93. The third-order valence-electron chi connectivity index (χ3n) is 6.15. The lowest BCUT2D eigenvalue weighted by molar-refractivity contribution is -0.162. The Morgan fingerprint density at radius 1 is 1.13 bits per heavy atom. The summed E-state index contributed by atoms with van der Waals surface area (Å²) in [6.45, 7) is 2.96. The van der Waals surface area contributed by atoms with Gasteiger partial charge < -0.3 is 10.1 Å². The maximum absolute atomic E-state index is 13.0. The zero-order chi connectivity index (χ0) is 21.6. The molecule has 2 bridgehead atoms. The minimum Gasteiger partial charge on any atom is -0.454 e. The Morgan fingerprint density at radius 3 is 2.30 bits per heavy atom. The molecule has 3 amide bonds. The molecular weight excluding hydrogens is 408 g/mol. The molecule has 1 aromatic rings. The van der Waals surface area contributed by atoms with Crippen molar-refractivity contribution in [3.8, 4) is 0 Å². The second-order valence-corrected chi connectivity index (χ2v) is 8.78. The van der Waals surface area contributed by atoms with Crippen molar-refractivity contribution in [1.82, 2.24) is 4.90 Å². The van der Waals surface area contributed by atoms with Crippen molar-refractivity contribution in [3.05, 3.63) is 41.4 Å². The fraction of sp³-hybridized carbons (Fsp3) is 0.455. The highest BCUT2D eigenvalue weighted by Crippen LogP contribution is 2.53. The number of para-hydroxylation sites is 1. The molecule has 2 aliphatic carbocycles. The number of benzene rings is 1. The molecule has 0 unspecified atom stereocenters. The summed E-state index contributed by atoms with van der Waals surface area (Å²) in [5.41, 5.74) is 0.404. The Bertz CT molecular complexity index is 913. The summed E-state index contributed by atoms with van der Waals surface area (Å²) < 4.78 is 5.18. The lowest BCUT2D eigenvalue weighted by Gasteiger charge is -2.28. The van der Waals surface area contributed by atoms with E-state index in [-0.39, 0.29) is 41.4 Å². The monoisotopic (exact) mass is 430 g/mol. The number of anilines is 1. The minimum absolute atomic E-state index is 0.0617. The van der Waals surface area contributed by atoms with Gasteiger partial charge in [-0.25, -0.2) is 4.79 Å². The predicted octanol–water partition coefficient (Wildman–Crippen LogP) is 2.65. The molecule has 1 saturated carbocycles. The summed E-state index contributed by atoms with van der Waals surface area (Å²) in [7, 11) is 0. The molecule has 5 atom stereocenters. The standard InChI is InChI=1S/C22H23ClN2O5/c1-11(2)19(22(29)30-10-16(26)24-15-6-4-3-5-14(15)23)25-20(27)17-12-7-8-13(9-12)18(17)21(25)28/h3-8,11-13,17-19H,9-10H2,1-2H3,(H,24,26)/t12-,13-,17-,18+,19+/m0/s1. The number of nitrogens with one attached hydrogen (secondary N) is 1. The average molecular weight is 431 g/mol. The van der Waals surface area contributed by atoms with E-state index in [1.165, 1.54) is 0 Å². The molecular formula is C22H23ClN2O5. The molecule has 1 saturated heterocycles. The third kappa shape index (κ3) is 3.41. The fourth-order valence-corrected chi connectivity index (χ4v) is 5.03. The lowest BCUT2D eigenvalue weighted by atomic mass is 9.85. The molecule has 4 rings (SSSR count). The van der Waals surface area contributed by atoms with E-state index in [0.717, 1.165) is 11.3 Å². The number of hydrogen-bond donors (Lipinski definition) is 1. The van der Waals surface area contributed by atoms with Crippen LogP contribution in [0.25, 0.3) is 0 Å². The van der Waals surface area contributed by atoms with Gasteiger partial charge in [0, 0.05) is 0 Å². The van der Waals surface area contributed by atoms with Crippen LogP contribution < -0.4 is 5.32 Å². The molecule has 1 N–H and O–H groups in total. The number of fused-ring (bicyclic) bond motifs is 5. The van der Waals surface area contributed by atoms with Crippen LogP contribution >= 0.6 is 11.6 Å². The van der Waals surface area contributed by atoms with Crippen LogP contribution in [0.5, 0.6) is 0 Å². The smallest absolute Gasteiger partial charge is 0.330 e. The number of likely N-dealkylation sites (tertiary alicyclic amines) is 1. The number of carbonyl (C=O) groups excluding carboxylic acids is 4. The van der Waals surface area contributed by atoms with E-state index in [9.17, 15) is 19.2 Å². The number of allylic oxidation sites excluding steroid dienone is 2. The number of halogens is 1. The first-order valence-electron chi connectivity index (χ1n) is 10.1. The normalized spacial score (nSPS) is 27.5. The molecule has 2 fully saturated rings. The Balaban J connectivity index is 1.43. The van der Waals surface area contributed by atoms with Gasteiger partial charge in [-0.1, -0.05) is 49.7 Å². The quantitative estimate of drug-likeness (QED) is 0.425. The maximum Gasteiger partial charge on any atom is 0.330 e. The summed E-state index contributed by atoms with van der Waals surface area (Å²) in [6, 6.07) is 5.64. The van der Waals surface area contributed by atoms with Crippen LogP contribution in [0.4, 0.5) is 5.69 Å². The van der Waals surface area contributed by atoms with Gasteiger partial charge in [0.2, 0.25) is 11.8 Å². The summed E-state index contributed by atoms with van der Waals surface area (Å²) in [4.78, 5) is 52.1. The van der Waals surface area contributed by atoms with Crippen LogP contribution in [0.2, 0.25) is 5.02 Å². The van der Waals surface area contributed by atoms with E-state index in [2.05, 4.69) is 5.32 Å². The van der Waals surface area contributed by atoms with Gasteiger partial charge in [-0.15, -0.1) is 0 Å². The van der Waals surface area contributed by atoms with Crippen LogP contribution in [-0.2, 0) is 23.9 Å². The molecule has 30 heavy (non-hydrogen) atoms. The molecule has 0 spiro atoms. The number of imide groups is 1. The van der Waals surface area contributed by atoms with Gasteiger partial charge in [-0.2, -0.15) is 0 Å². The zero-order valence-electron chi connectivity index (χ0n) is 16.7. The number of amides is 3. The zero-order valence-corrected chi connectivity index (χ0v) is 17.5. The fourth-order valence-electron chi connectivity index (χ4n) is 4.85. The molecule has 0 aromatic heterocycles. The Hall–Kier alpha value is -2.67. The second-order valence-electron chi connectivity index (χ2n) is 8.37. The van der Waals surface area contributed by atoms with Crippen LogP contribution in [0.1, 0.15) is 20.3 Å². The number of ether oxygens (including phenoxy) is 1. The van der Waals surface area contributed by atoms with Gasteiger partial charge in [0.1, 0.15) is 6.04 Å². The summed E-state index contributed by atoms with van der Waals surface area (Å²) >= 11 is 6.01. The summed E-state index contributed by atoms with van der Waals surface area (Å²) in [6.07, 6.45) is 4.82. The van der Waals surface area contributed by atoms with Crippen molar-refractivity contribution in [3.63, 3.8) is 0 Å². The number of carbonyl (C=O) groups is 4. The van der Waals surface area contributed by atoms with E-state index in [4.69, 9.17) is 16.3 Å². The van der Waals surface area contributed by atoms with E-state index >= 15 is 0 Å². The molecule has 0 radical (unpaired) electrons. The Morgan fingerprint density at radius 2 is 1.73 bits per heavy atom. The molecule has 1 heterocycles. The van der Waals surface area contributed by atoms with Crippen LogP contribution in [-0.4, -0.2) is 41.2 Å². The van der Waals surface area contributed by atoms with Crippen molar-refractivity contribution in [1.29, 1.82) is 0 Å². The Kier molecular flexibility index (Phi) is 5.40. The maximum atomic E-state index is 13.0. The van der Waals surface area contributed by atoms with Crippen LogP contribution in [0, 0.1) is 29.6 Å². The number of rotatable bonds is 6. The largest absolute Gasteiger partial charge is 0.454 e. The average Bonchev–Trinajstić information content (AvgIpc) is 3.38. The first-order chi connectivity index (χ1) is 14.3. The predicted molar refractivity (Wildman–Crippen MR) is 109 cm³/mol. The van der Waals surface area contributed by atoms with Gasteiger partial charge in [0.05, 0.1) is 22.5 Å². The molecule has 3 aliphatic rings. The van der Waals surface area contributed by atoms with Crippen molar-refractivity contribution in [2.45, 2.75) is 26.3 Å². The number of nitrogens with zero attached hydrogens (tertiary/aromatic N) is 1. The van der Waals surface area contributed by atoms with Crippen molar-refractivity contribution in [2.24, 2.45) is 29.6 Å². The number of esters is 1. The van der Waals surface area contributed by atoms with E-state index in [1.807, 2.05) is 12.2 Å². The molecule has 1 aromatic carbocycles. The molecule has 7 nitrogen and oxygen atoms in total. The first-order valence-corrected chi connectivity index (χ1v) is 10.4. The lowest BCUT2D eigenvalue weighted by Crippen LogP contribution is -2.50. The van der Waals surface area contributed by atoms with Crippen molar-refractivity contribution >= 4 is 41.0 Å². The van der Waals surface area contributed by atoms with E-state index in [1.54, 1.807) is 38.1 Å². The van der Waals surface area contributed by atoms with Gasteiger partial charge in [-0.3, -0.25) is 19.3 Å².